The van der Waals surface area contributed by atoms with E-state index < -0.39 is 11.9 Å². The van der Waals surface area contributed by atoms with Crippen molar-refractivity contribution in [1.29, 1.82) is 0 Å². The molecule has 0 aliphatic carbocycles. The monoisotopic (exact) mass is 350 g/mol. The number of carboxylic acids is 2. The van der Waals surface area contributed by atoms with E-state index in [0.717, 1.165) is 27.8 Å². The molecule has 3 heterocycles. The Balaban J connectivity index is 1.84. The van der Waals surface area contributed by atoms with Gasteiger partial charge in [0.05, 0.1) is 8.47 Å². The highest BCUT2D eigenvalue weighted by atomic mass is 32.2. The van der Waals surface area contributed by atoms with Gasteiger partial charge in [-0.05, 0) is 23.5 Å². The molecule has 106 valence electrons. The summed E-state index contributed by atoms with van der Waals surface area (Å²) in [7, 11) is 0. The van der Waals surface area contributed by atoms with Gasteiger partial charge in [0.15, 0.2) is 0 Å². The van der Waals surface area contributed by atoms with Gasteiger partial charge >= 0.3 is 11.9 Å². The summed E-state index contributed by atoms with van der Waals surface area (Å²) in [5.74, 6) is -2.46. The molecule has 20 heavy (non-hydrogen) atoms. The van der Waals surface area contributed by atoms with Crippen LogP contribution in [0.3, 0.4) is 0 Å². The lowest BCUT2D eigenvalue weighted by atomic mass is 10.5. The Morgan fingerprint density at radius 2 is 1.20 bits per heavy atom. The van der Waals surface area contributed by atoms with E-state index in [1.807, 2.05) is 0 Å². The number of ether oxygens (including phenoxy) is 2. The minimum Gasteiger partial charge on any atom is -0.480 e. The van der Waals surface area contributed by atoms with Gasteiger partial charge < -0.3 is 19.7 Å². The second-order valence-corrected chi connectivity index (χ2v) is 8.05. The van der Waals surface area contributed by atoms with E-state index in [1.54, 1.807) is 0 Å². The average molecular weight is 350 g/mol. The number of hydrogen-bond acceptors (Lipinski definition) is 8. The third kappa shape index (κ3) is 2.52. The van der Waals surface area contributed by atoms with E-state index in [9.17, 15) is 9.59 Å². The van der Waals surface area contributed by atoms with Crippen molar-refractivity contribution in [3.8, 4) is 0 Å². The first-order chi connectivity index (χ1) is 9.56. The van der Waals surface area contributed by atoms with Gasteiger partial charge in [-0.3, -0.25) is 0 Å². The third-order valence-corrected chi connectivity index (χ3v) is 7.71. The molecule has 10 heteroatoms. The zero-order chi connectivity index (χ0) is 14.3. The summed E-state index contributed by atoms with van der Waals surface area (Å²) < 4.78 is 12.3. The van der Waals surface area contributed by atoms with Crippen molar-refractivity contribution in [3.05, 3.63) is 28.5 Å². The van der Waals surface area contributed by atoms with Crippen LogP contribution in [0.2, 0.25) is 0 Å². The number of hydrogen-bond donors (Lipinski definition) is 2. The van der Waals surface area contributed by atoms with Crippen molar-refractivity contribution in [2.24, 2.45) is 0 Å². The van der Waals surface area contributed by atoms with Gasteiger partial charge in [0.1, 0.15) is 23.0 Å². The minimum absolute atomic E-state index is 0.155. The van der Waals surface area contributed by atoms with Crippen LogP contribution < -0.4 is 0 Å². The summed E-state index contributed by atoms with van der Waals surface area (Å²) in [6.07, 6.45) is 0. The molecule has 2 N–H and O–H groups in total. The smallest absolute Gasteiger partial charge is 0.344 e. The molecule has 0 amide bonds. The Hall–Kier alpha value is -0.840. The van der Waals surface area contributed by atoms with Crippen LogP contribution in [-0.2, 0) is 19.1 Å². The van der Waals surface area contributed by atoms with E-state index >= 15 is 0 Å². The molecule has 0 atom stereocenters. The third-order valence-electron chi connectivity index (χ3n) is 2.24. The molecule has 3 aliphatic rings. The summed E-state index contributed by atoms with van der Waals surface area (Å²) >= 11 is 4.60. The fourth-order valence-corrected chi connectivity index (χ4v) is 6.40. The number of aliphatic carboxylic acids is 2. The average Bonchev–Trinajstić information content (AvgIpc) is 3.02. The van der Waals surface area contributed by atoms with E-state index in [0.29, 0.717) is 27.6 Å². The van der Waals surface area contributed by atoms with Gasteiger partial charge in [-0.2, -0.15) is 0 Å². The molecule has 0 aromatic rings. The van der Waals surface area contributed by atoms with Crippen molar-refractivity contribution < 1.29 is 29.3 Å². The molecule has 0 unspecified atom stereocenters. The van der Waals surface area contributed by atoms with Crippen molar-refractivity contribution in [1.82, 2.24) is 0 Å². The fourth-order valence-electron chi connectivity index (χ4n) is 1.47. The molecular weight excluding hydrogens is 344 g/mol. The van der Waals surface area contributed by atoms with Gasteiger partial charge in [0.2, 0.25) is 10.2 Å². The van der Waals surface area contributed by atoms with Crippen LogP contribution in [-0.4, -0.2) is 35.4 Å². The first-order valence-electron chi connectivity index (χ1n) is 5.22. The van der Waals surface area contributed by atoms with Crippen molar-refractivity contribution >= 4 is 59.0 Å². The summed E-state index contributed by atoms with van der Waals surface area (Å²) in [5.41, 5.74) is 0. The second kappa shape index (κ2) is 5.51. The molecule has 3 aliphatic heterocycles. The van der Waals surface area contributed by atoms with Gasteiger partial charge in [0, 0.05) is 0 Å². The Labute approximate surface area is 130 Å². The van der Waals surface area contributed by atoms with Gasteiger partial charge in [0.25, 0.3) is 0 Å². The van der Waals surface area contributed by atoms with E-state index in [2.05, 4.69) is 0 Å². The molecule has 3 rings (SSSR count). The van der Waals surface area contributed by atoms with Crippen LogP contribution in [0.15, 0.2) is 28.5 Å². The molecule has 0 aromatic carbocycles. The quantitative estimate of drug-likeness (QED) is 0.774. The molecular formula is C10H6O6S4. The molecule has 0 aromatic heterocycles. The van der Waals surface area contributed by atoms with Crippen LogP contribution >= 0.6 is 47.0 Å². The lowest BCUT2D eigenvalue weighted by molar-refractivity contribution is -0.134. The molecule has 0 spiro atoms. The van der Waals surface area contributed by atoms with Crippen molar-refractivity contribution in [2.75, 3.05) is 13.2 Å². The van der Waals surface area contributed by atoms with Crippen LogP contribution in [0.1, 0.15) is 0 Å². The first-order valence-corrected chi connectivity index (χ1v) is 8.49. The van der Waals surface area contributed by atoms with Crippen LogP contribution in [0.5, 0.6) is 0 Å². The summed E-state index contributed by atoms with van der Waals surface area (Å²) in [6.45, 7) is 0.961. The number of thioether (sulfide) groups is 4. The Morgan fingerprint density at radius 3 is 1.60 bits per heavy atom. The standard InChI is InChI=1S/C10H6O6S4/c11-5(12)3-4(6(13)14)18-9(17-3)10-19-7-8(20-10)16-2-1-15-7/h1-2H2,(H,11,12)(H,13,14). The number of carbonyl (C=O) groups is 2. The van der Waals surface area contributed by atoms with E-state index in [1.165, 1.54) is 23.5 Å². The zero-order valence-electron chi connectivity index (χ0n) is 9.57. The maximum atomic E-state index is 11.1. The normalized spacial score (nSPS) is 21.8. The van der Waals surface area contributed by atoms with Gasteiger partial charge in [-0.15, -0.1) is 0 Å². The van der Waals surface area contributed by atoms with Crippen LogP contribution in [0.4, 0.5) is 0 Å². The Bertz CT molecular complexity index is 557. The Kier molecular flexibility index (Phi) is 3.89. The maximum absolute atomic E-state index is 11.1. The molecule has 6 nitrogen and oxygen atoms in total. The van der Waals surface area contributed by atoms with E-state index in [-0.39, 0.29) is 9.81 Å². The lowest BCUT2D eigenvalue weighted by Gasteiger charge is -2.13. The molecule has 0 radical (unpaired) electrons. The maximum Gasteiger partial charge on any atom is 0.344 e. The van der Waals surface area contributed by atoms with Crippen LogP contribution in [0.25, 0.3) is 0 Å². The molecule has 0 saturated carbocycles. The largest absolute Gasteiger partial charge is 0.480 e. The van der Waals surface area contributed by atoms with Gasteiger partial charge in [-0.1, -0.05) is 23.5 Å². The summed E-state index contributed by atoms with van der Waals surface area (Å²) in [6, 6.07) is 0. The summed E-state index contributed by atoms with van der Waals surface area (Å²) in [4.78, 5) is 21.8. The highest BCUT2D eigenvalue weighted by molar-refractivity contribution is 8.34. The van der Waals surface area contributed by atoms with E-state index in [4.69, 9.17) is 19.7 Å². The minimum atomic E-state index is -1.23. The predicted molar refractivity (Wildman–Crippen MR) is 78.6 cm³/mol. The van der Waals surface area contributed by atoms with Crippen LogP contribution in [0, 0.1) is 0 Å². The highest BCUT2D eigenvalue weighted by Crippen LogP contribution is 2.60. The molecule has 0 saturated heterocycles. The second-order valence-electron chi connectivity index (χ2n) is 3.52. The topological polar surface area (TPSA) is 93.1 Å². The Morgan fingerprint density at radius 1 is 0.800 bits per heavy atom. The lowest BCUT2D eigenvalue weighted by Crippen LogP contribution is -2.08. The molecule has 0 fully saturated rings. The summed E-state index contributed by atoms with van der Waals surface area (Å²) in [5, 5.41) is 19.4. The fraction of sp³-hybridized carbons (Fsp3) is 0.200. The molecule has 0 bridgehead atoms. The van der Waals surface area contributed by atoms with Crippen molar-refractivity contribution in [2.45, 2.75) is 0 Å². The predicted octanol–water partition coefficient (Wildman–Crippen LogP) is 2.63. The van der Waals surface area contributed by atoms with Gasteiger partial charge in [-0.25, -0.2) is 9.59 Å². The zero-order valence-corrected chi connectivity index (χ0v) is 12.8. The number of rotatable bonds is 2. The SMILES string of the molecule is O=C(O)C1=C(C(=O)O)SC(=C2SC3=C(OCCO3)S2)S1. The highest BCUT2D eigenvalue weighted by Gasteiger charge is 2.36. The number of carboxylic acid groups (broad SMARTS) is 2. The van der Waals surface area contributed by atoms with Crippen molar-refractivity contribution in [3.63, 3.8) is 0 Å². The first kappa shape index (κ1) is 14.1.